The van der Waals surface area contributed by atoms with Gasteiger partial charge in [-0.05, 0) is 46.6 Å². The molecule has 4 nitrogen and oxygen atoms in total. The van der Waals surface area contributed by atoms with E-state index in [0.717, 1.165) is 13.1 Å². The van der Waals surface area contributed by atoms with E-state index in [1.165, 1.54) is 0 Å². The highest BCUT2D eigenvalue weighted by Gasteiger charge is 2.19. The monoisotopic (exact) mass is 292 g/mol. The maximum Gasteiger partial charge on any atom is 0.180 e. The Bertz CT molecular complexity index is 446. The average Bonchev–Trinajstić information content (AvgIpc) is 2.44. The van der Waals surface area contributed by atoms with Gasteiger partial charge in [-0.1, -0.05) is 19.1 Å². The first-order valence-corrected chi connectivity index (χ1v) is 7.63. The molecular weight excluding hydrogens is 264 g/mol. The lowest BCUT2D eigenvalue weighted by molar-refractivity contribution is 0.0885. The van der Waals surface area contributed by atoms with Gasteiger partial charge in [0.05, 0.1) is 18.7 Å². The Morgan fingerprint density at radius 2 is 1.90 bits per heavy atom. The second-order valence-corrected chi connectivity index (χ2v) is 5.53. The molecule has 118 valence electrons. The van der Waals surface area contributed by atoms with Crippen molar-refractivity contribution in [3.8, 4) is 5.75 Å². The fourth-order valence-electron chi connectivity index (χ4n) is 2.47. The zero-order valence-electron chi connectivity index (χ0n) is 13.9. The Kier molecular flexibility index (Phi) is 7.40. The topological polar surface area (TPSA) is 32.8 Å². The molecule has 0 saturated carbocycles. The summed E-state index contributed by atoms with van der Waals surface area (Å²) in [4.78, 5) is 16.9. The molecule has 0 radical (unpaired) electrons. The Morgan fingerprint density at radius 1 is 1.24 bits per heavy atom. The number of para-hydroxylation sites is 1. The number of benzene rings is 1. The molecule has 0 aromatic heterocycles. The molecule has 0 heterocycles. The van der Waals surface area contributed by atoms with Gasteiger partial charge in [0, 0.05) is 12.6 Å². The number of carbonyl (C=O) groups excluding carboxylic acids is 1. The van der Waals surface area contributed by atoms with E-state index in [1.54, 1.807) is 0 Å². The zero-order valence-corrected chi connectivity index (χ0v) is 13.9. The van der Waals surface area contributed by atoms with E-state index in [2.05, 4.69) is 37.7 Å². The maximum atomic E-state index is 12.6. The number of nitrogens with zero attached hydrogens (tertiary/aromatic N) is 2. The summed E-state index contributed by atoms with van der Waals surface area (Å²) < 4.78 is 5.55. The van der Waals surface area contributed by atoms with Gasteiger partial charge >= 0.3 is 0 Å². The van der Waals surface area contributed by atoms with E-state index in [1.807, 2.05) is 31.2 Å². The molecule has 1 aromatic carbocycles. The molecule has 0 N–H and O–H groups in total. The lowest BCUT2D eigenvalue weighted by Gasteiger charge is -2.29. The quantitative estimate of drug-likeness (QED) is 0.655. The van der Waals surface area contributed by atoms with Crippen molar-refractivity contribution in [3.63, 3.8) is 0 Å². The van der Waals surface area contributed by atoms with Crippen LogP contribution in [0.25, 0.3) is 0 Å². The van der Waals surface area contributed by atoms with Gasteiger partial charge < -0.3 is 9.64 Å². The van der Waals surface area contributed by atoms with Gasteiger partial charge in [0.1, 0.15) is 5.75 Å². The molecule has 0 aliphatic carbocycles. The van der Waals surface area contributed by atoms with Crippen LogP contribution in [0.1, 0.15) is 31.1 Å². The molecule has 4 heteroatoms. The normalized spacial score (nSPS) is 12.7. The number of hydrogen-bond acceptors (Lipinski definition) is 4. The SMILES string of the molecule is CCOc1ccccc1C(=O)CN(CC)C(C)CN(C)C. The molecule has 1 rings (SSSR count). The average molecular weight is 292 g/mol. The van der Waals surface area contributed by atoms with Crippen molar-refractivity contribution in [1.29, 1.82) is 0 Å². The highest BCUT2D eigenvalue weighted by molar-refractivity contribution is 6.00. The van der Waals surface area contributed by atoms with Crippen LogP contribution in [0.2, 0.25) is 0 Å². The summed E-state index contributed by atoms with van der Waals surface area (Å²) in [5.41, 5.74) is 0.676. The molecule has 0 aliphatic heterocycles. The summed E-state index contributed by atoms with van der Waals surface area (Å²) in [7, 11) is 4.10. The second-order valence-electron chi connectivity index (χ2n) is 5.53. The number of carbonyl (C=O) groups is 1. The van der Waals surface area contributed by atoms with E-state index in [4.69, 9.17) is 4.74 Å². The molecule has 0 saturated heterocycles. The van der Waals surface area contributed by atoms with Crippen LogP contribution in [0.15, 0.2) is 24.3 Å². The van der Waals surface area contributed by atoms with E-state index in [9.17, 15) is 4.79 Å². The summed E-state index contributed by atoms with van der Waals surface area (Å²) in [6.07, 6.45) is 0. The van der Waals surface area contributed by atoms with Crippen LogP contribution in [0.4, 0.5) is 0 Å². The van der Waals surface area contributed by atoms with E-state index in [-0.39, 0.29) is 5.78 Å². The molecule has 0 aliphatic rings. The number of ketones is 1. The van der Waals surface area contributed by atoms with Gasteiger partial charge in [0.2, 0.25) is 0 Å². The van der Waals surface area contributed by atoms with Crippen LogP contribution in [0.3, 0.4) is 0 Å². The van der Waals surface area contributed by atoms with Crippen LogP contribution in [0, 0.1) is 0 Å². The highest BCUT2D eigenvalue weighted by Crippen LogP contribution is 2.19. The van der Waals surface area contributed by atoms with E-state index in [0.29, 0.717) is 30.5 Å². The van der Waals surface area contributed by atoms with Gasteiger partial charge in [-0.25, -0.2) is 0 Å². The van der Waals surface area contributed by atoms with Crippen LogP contribution in [-0.4, -0.2) is 62.0 Å². The molecule has 0 bridgehead atoms. The number of rotatable bonds is 9. The van der Waals surface area contributed by atoms with Crippen molar-refractivity contribution in [2.24, 2.45) is 0 Å². The van der Waals surface area contributed by atoms with Crippen LogP contribution < -0.4 is 4.74 Å². The number of hydrogen-bond donors (Lipinski definition) is 0. The maximum absolute atomic E-state index is 12.6. The van der Waals surface area contributed by atoms with Crippen LogP contribution in [0.5, 0.6) is 5.75 Å². The Balaban J connectivity index is 2.79. The van der Waals surface area contributed by atoms with Gasteiger partial charge in [0.15, 0.2) is 5.78 Å². The molecule has 21 heavy (non-hydrogen) atoms. The largest absolute Gasteiger partial charge is 0.493 e. The number of ether oxygens (including phenoxy) is 1. The van der Waals surface area contributed by atoms with Crippen LogP contribution >= 0.6 is 0 Å². The third kappa shape index (κ3) is 5.48. The van der Waals surface area contributed by atoms with E-state index >= 15 is 0 Å². The highest BCUT2D eigenvalue weighted by atomic mass is 16.5. The van der Waals surface area contributed by atoms with Crippen molar-refractivity contribution < 1.29 is 9.53 Å². The molecule has 0 fully saturated rings. The second kappa shape index (κ2) is 8.80. The number of Topliss-reactive ketones (excluding diaryl/α,β-unsaturated/α-hetero) is 1. The first-order chi connectivity index (χ1) is 9.99. The molecule has 0 amide bonds. The van der Waals surface area contributed by atoms with Crippen molar-refractivity contribution in [3.05, 3.63) is 29.8 Å². The van der Waals surface area contributed by atoms with Crippen LogP contribution in [-0.2, 0) is 0 Å². The lowest BCUT2D eigenvalue weighted by atomic mass is 10.1. The minimum absolute atomic E-state index is 0.117. The lowest BCUT2D eigenvalue weighted by Crippen LogP contribution is -2.42. The van der Waals surface area contributed by atoms with E-state index < -0.39 is 0 Å². The first kappa shape index (κ1) is 17.7. The smallest absolute Gasteiger partial charge is 0.180 e. The van der Waals surface area contributed by atoms with Crippen molar-refractivity contribution in [1.82, 2.24) is 9.80 Å². The minimum atomic E-state index is 0.117. The third-order valence-corrected chi connectivity index (χ3v) is 3.49. The first-order valence-electron chi connectivity index (χ1n) is 7.63. The fourth-order valence-corrected chi connectivity index (χ4v) is 2.47. The molecule has 1 atom stereocenters. The zero-order chi connectivity index (χ0) is 15.8. The summed E-state index contributed by atoms with van der Waals surface area (Å²) in [5.74, 6) is 0.799. The van der Waals surface area contributed by atoms with Gasteiger partial charge in [-0.3, -0.25) is 9.69 Å². The minimum Gasteiger partial charge on any atom is -0.493 e. The standard InChI is InChI=1S/C17H28N2O2/c1-6-19(14(3)12-18(4)5)13-16(20)15-10-8-9-11-17(15)21-7-2/h8-11,14H,6-7,12-13H2,1-5H3. The summed E-state index contributed by atoms with van der Waals surface area (Å²) in [5, 5.41) is 0. The predicted octanol–water partition coefficient (Wildman–Crippen LogP) is 2.54. The fraction of sp³-hybridized carbons (Fsp3) is 0.588. The molecule has 1 aromatic rings. The summed E-state index contributed by atoms with van der Waals surface area (Å²) >= 11 is 0. The molecule has 1 unspecified atom stereocenters. The molecular formula is C17H28N2O2. The van der Waals surface area contributed by atoms with Gasteiger partial charge in [-0.15, -0.1) is 0 Å². The number of likely N-dealkylation sites (N-methyl/N-ethyl adjacent to an activating group) is 2. The van der Waals surface area contributed by atoms with Crippen molar-refractivity contribution in [2.75, 3.05) is 40.3 Å². The van der Waals surface area contributed by atoms with Gasteiger partial charge in [-0.2, -0.15) is 0 Å². The van der Waals surface area contributed by atoms with Crippen molar-refractivity contribution in [2.45, 2.75) is 26.8 Å². The Morgan fingerprint density at radius 3 is 2.48 bits per heavy atom. The third-order valence-electron chi connectivity index (χ3n) is 3.49. The molecule has 0 spiro atoms. The summed E-state index contributed by atoms with van der Waals surface area (Å²) in [6, 6.07) is 7.82. The Hall–Kier alpha value is -1.39. The predicted molar refractivity (Wildman–Crippen MR) is 87.2 cm³/mol. The Labute approximate surface area is 128 Å². The summed E-state index contributed by atoms with van der Waals surface area (Å²) in [6.45, 7) is 8.97. The van der Waals surface area contributed by atoms with Crippen molar-refractivity contribution >= 4 is 5.78 Å². The van der Waals surface area contributed by atoms with Gasteiger partial charge in [0.25, 0.3) is 0 Å².